The van der Waals surface area contributed by atoms with Crippen LogP contribution in [0.1, 0.15) is 27.0 Å². The number of nitrogen functional groups attached to an aromatic ring is 1. The zero-order chi connectivity index (χ0) is 72.6. The maximum atomic E-state index is 10.6. The fraction of sp³-hybridized carbons (Fsp3) is 0.0337. The van der Waals surface area contributed by atoms with Crippen molar-refractivity contribution in [2.24, 2.45) is 0 Å². The van der Waals surface area contributed by atoms with Gasteiger partial charge in [-0.15, -0.1) is 0 Å². The fourth-order valence-corrected chi connectivity index (χ4v) is 13.5. The van der Waals surface area contributed by atoms with Crippen LogP contribution in [0.5, 0.6) is 0 Å². The Hall–Kier alpha value is -11.7. The molecule has 514 valence electrons. The second kappa shape index (κ2) is 34.0. The highest BCUT2D eigenvalue weighted by Crippen LogP contribution is 2.36. The fourth-order valence-electron chi connectivity index (χ4n) is 12.4. The highest BCUT2D eigenvalue weighted by Gasteiger charge is 2.19. The lowest BCUT2D eigenvalue weighted by Crippen LogP contribution is -2.02. The van der Waals surface area contributed by atoms with Gasteiger partial charge in [0, 0.05) is 66.8 Å². The number of H-pyrrole nitrogens is 1. The minimum Gasteiger partial charge on any atom is -0.393 e. The van der Waals surface area contributed by atoms with Crippen molar-refractivity contribution < 1.29 is 9.72 Å². The molecule has 0 saturated carbocycles. The van der Waals surface area contributed by atoms with Gasteiger partial charge in [0.05, 0.1) is 38.0 Å². The van der Waals surface area contributed by atoms with Crippen LogP contribution in [-0.4, -0.2) is 40.3 Å². The van der Waals surface area contributed by atoms with E-state index < -0.39 is 4.92 Å². The first kappa shape index (κ1) is 71.6. The first-order chi connectivity index (χ1) is 51.4. The lowest BCUT2D eigenvalue weighted by molar-refractivity contribution is -0.383. The van der Waals surface area contributed by atoms with E-state index in [1.54, 1.807) is 0 Å². The maximum absolute atomic E-state index is 10.6. The molecule has 105 heavy (non-hydrogen) atoms. The van der Waals surface area contributed by atoms with Crippen LogP contribution in [0.2, 0.25) is 20.1 Å². The van der Waals surface area contributed by atoms with Gasteiger partial charge in [-0.05, 0) is 127 Å². The van der Waals surface area contributed by atoms with Gasteiger partial charge in [-0.2, -0.15) is 0 Å². The average Bonchev–Trinajstić information content (AvgIpc) is 1.65. The lowest BCUT2D eigenvalue weighted by atomic mass is 10.0. The molecule has 0 fully saturated rings. The Morgan fingerprint density at radius 1 is 0.400 bits per heavy atom. The first-order valence-electron chi connectivity index (χ1n) is 33.6. The number of nitro benzene ring substituents is 1. The molecule has 0 aliphatic rings. The van der Waals surface area contributed by atoms with Crippen molar-refractivity contribution in [3.8, 4) is 34.2 Å². The number of hydrogen-bond acceptors (Lipinski definition) is 7. The quantitative estimate of drug-likeness (QED) is 0.0455. The largest absolute Gasteiger partial charge is 0.393 e. The number of aromatic amines is 1. The maximum Gasteiger partial charge on any atom is 0.293 e. The van der Waals surface area contributed by atoms with Crippen LogP contribution in [0, 0.1) is 10.1 Å². The van der Waals surface area contributed by atoms with Gasteiger partial charge in [-0.1, -0.05) is 323 Å². The standard InChI is InChI=1S/2C24H17ClN2.C17H11ClN2.C11H8O.C7H7Br.C6H5ClN2O2/c25-19-13-14-23-22(15-19)26-24(27(23)16-17-7-2-1-3-8-17)21-12-6-10-18-9-4-5-11-20(18)21;25-19-13-14-22-23(15-19)27(16-17-7-2-1-3-8-17)24(26-22)21-12-6-10-18-9-4-5-11-20(18)21;18-12-8-9-15-16(10-12)20-17(19-15)14-7-3-5-11-4-1-2-6-13(11)14;12-8-10-6-3-5-9-4-1-2-7-11(9)10;8-6-7-4-2-1-3-5-7;7-4-1-2-5(8)6(3-4)9(10)11/h2*1-15H,16H2;1-10H,(H,19,20);1-8H;1-5H,6H2;1-3H,8H2. The van der Waals surface area contributed by atoms with E-state index in [2.05, 4.69) is 217 Å². The third kappa shape index (κ3) is 17.3. The summed E-state index contributed by atoms with van der Waals surface area (Å²) < 4.78 is 4.54. The number of halogens is 5. The predicted molar refractivity (Wildman–Crippen MR) is 441 cm³/mol. The molecular formula is C89H65BrCl4N8O3. The van der Waals surface area contributed by atoms with Crippen LogP contribution >= 0.6 is 62.3 Å². The van der Waals surface area contributed by atoms with Crippen LogP contribution < -0.4 is 5.73 Å². The number of carbonyl (C=O) groups excluding carboxylic acids is 1. The molecule has 18 aromatic rings. The molecule has 0 bridgehead atoms. The molecule has 18 rings (SSSR count). The van der Waals surface area contributed by atoms with Gasteiger partial charge in [-0.25, -0.2) is 15.0 Å². The van der Waals surface area contributed by atoms with Gasteiger partial charge in [-0.3, -0.25) is 14.9 Å². The van der Waals surface area contributed by atoms with Gasteiger partial charge in [0.15, 0.2) is 6.29 Å². The van der Waals surface area contributed by atoms with Crippen molar-refractivity contribution >= 4 is 156 Å². The van der Waals surface area contributed by atoms with Crippen molar-refractivity contribution in [2.75, 3.05) is 5.73 Å². The molecule has 3 N–H and O–H groups in total. The van der Waals surface area contributed by atoms with E-state index >= 15 is 0 Å². The molecule has 0 amide bonds. The van der Waals surface area contributed by atoms with Crippen molar-refractivity contribution in [1.82, 2.24) is 29.1 Å². The molecule has 16 heteroatoms. The lowest BCUT2D eigenvalue weighted by Gasteiger charge is -2.12. The zero-order valence-corrected chi connectivity index (χ0v) is 60.9. The number of nitro groups is 1. The average molecular weight is 1520 g/mol. The van der Waals surface area contributed by atoms with E-state index in [9.17, 15) is 14.9 Å². The summed E-state index contributed by atoms with van der Waals surface area (Å²) in [6.45, 7) is 1.51. The van der Waals surface area contributed by atoms with E-state index in [-0.39, 0.29) is 11.4 Å². The summed E-state index contributed by atoms with van der Waals surface area (Å²) in [7, 11) is 0. The van der Waals surface area contributed by atoms with E-state index in [0.717, 1.165) is 113 Å². The molecule has 3 aromatic heterocycles. The summed E-state index contributed by atoms with van der Waals surface area (Å²) in [6.07, 6.45) is 0.891. The molecule has 0 aliphatic carbocycles. The Bertz CT molecular complexity index is 5980. The molecule has 0 radical (unpaired) electrons. The summed E-state index contributed by atoms with van der Waals surface area (Å²) in [6, 6.07) is 111. The number of fused-ring (bicyclic) bond motifs is 7. The molecule has 0 saturated heterocycles. The molecular weight excluding hydrogens is 1450 g/mol. The number of alkyl halides is 1. The SMILES string of the molecule is BrCc1ccccc1.Clc1ccc2c(c1)nc(-c1cccc3ccccc13)n2Cc1ccccc1.Clc1ccc2nc(-c3cccc4ccccc34)[nH]c2c1.Clc1ccc2nc(-c3cccc4ccccc34)n(Cc3ccccc3)c2c1.Nc1ccc(Cl)cc1[N+](=O)[O-].O=Cc1cccc2ccccc12. The first-order valence-corrected chi connectivity index (χ1v) is 36.2. The Morgan fingerprint density at radius 3 is 1.33 bits per heavy atom. The summed E-state index contributed by atoms with van der Waals surface area (Å²) in [5.41, 5.74) is 19.1. The zero-order valence-electron chi connectivity index (χ0n) is 56.3. The molecule has 0 aliphatic heterocycles. The second-order valence-corrected chi connectivity index (χ2v) is 26.7. The van der Waals surface area contributed by atoms with Gasteiger partial charge >= 0.3 is 0 Å². The van der Waals surface area contributed by atoms with Gasteiger partial charge in [0.1, 0.15) is 23.2 Å². The molecule has 0 unspecified atom stereocenters. The van der Waals surface area contributed by atoms with Crippen LogP contribution in [0.25, 0.3) is 110 Å². The second-order valence-electron chi connectivity index (χ2n) is 24.4. The summed E-state index contributed by atoms with van der Waals surface area (Å²) >= 11 is 27.4. The number of aromatic nitrogens is 6. The van der Waals surface area contributed by atoms with Crippen molar-refractivity contribution in [3.63, 3.8) is 0 Å². The van der Waals surface area contributed by atoms with Gasteiger partial charge < -0.3 is 19.9 Å². The van der Waals surface area contributed by atoms with Crippen LogP contribution in [0.3, 0.4) is 0 Å². The Kier molecular flexibility index (Phi) is 23.2. The number of anilines is 1. The highest BCUT2D eigenvalue weighted by molar-refractivity contribution is 9.08. The Morgan fingerprint density at radius 2 is 0.810 bits per heavy atom. The van der Waals surface area contributed by atoms with E-state index in [4.69, 9.17) is 62.1 Å². The van der Waals surface area contributed by atoms with Crippen LogP contribution in [-0.2, 0) is 18.4 Å². The highest BCUT2D eigenvalue weighted by atomic mass is 79.9. The molecule has 11 nitrogen and oxygen atoms in total. The number of rotatable bonds is 10. The smallest absolute Gasteiger partial charge is 0.293 e. The third-order valence-electron chi connectivity index (χ3n) is 17.5. The Labute approximate surface area is 634 Å². The minimum atomic E-state index is -0.568. The van der Waals surface area contributed by atoms with Crippen molar-refractivity contribution in [2.45, 2.75) is 18.4 Å². The third-order valence-corrected chi connectivity index (χ3v) is 19.1. The number of benzene rings is 15. The molecule has 15 aromatic carbocycles. The number of carbonyl (C=O) groups is 1. The van der Waals surface area contributed by atoms with E-state index in [0.29, 0.717) is 15.1 Å². The number of nitrogens with two attached hydrogens (primary N) is 1. The molecule has 0 atom stereocenters. The normalized spacial score (nSPS) is 10.8. The van der Waals surface area contributed by atoms with Crippen LogP contribution in [0.4, 0.5) is 11.4 Å². The Balaban J connectivity index is 0.000000117. The number of nitrogens with one attached hydrogen (secondary N) is 1. The molecule has 3 heterocycles. The summed E-state index contributed by atoms with van der Waals surface area (Å²) in [5.74, 6) is 2.81. The number of aldehydes is 1. The molecule has 0 spiro atoms. The van der Waals surface area contributed by atoms with E-state index in [1.807, 2.05) is 133 Å². The predicted octanol–water partition coefficient (Wildman–Crippen LogP) is 25.2. The number of imidazole rings is 3. The summed E-state index contributed by atoms with van der Waals surface area (Å²) in [5, 5.41) is 23.0. The van der Waals surface area contributed by atoms with Crippen LogP contribution in [0.15, 0.2) is 334 Å². The number of nitrogens with zero attached hydrogens (tertiary/aromatic N) is 6. The van der Waals surface area contributed by atoms with Gasteiger partial charge in [0.25, 0.3) is 5.69 Å². The van der Waals surface area contributed by atoms with Crippen molar-refractivity contribution in [1.29, 1.82) is 0 Å². The monoisotopic (exact) mass is 1510 g/mol. The number of hydrogen-bond donors (Lipinski definition) is 2. The topological polar surface area (TPSA) is 151 Å². The summed E-state index contributed by atoms with van der Waals surface area (Å²) in [4.78, 5) is 38.2. The minimum absolute atomic E-state index is 0.124. The van der Waals surface area contributed by atoms with E-state index in [1.165, 1.54) is 67.2 Å². The van der Waals surface area contributed by atoms with Gasteiger partial charge in [0.2, 0.25) is 0 Å². The van der Waals surface area contributed by atoms with Crippen molar-refractivity contribution in [3.05, 3.63) is 386 Å².